The molecule has 0 saturated heterocycles. The third-order valence-corrected chi connectivity index (χ3v) is 4.85. The SMILES string of the molecule is O=C(Cc1csc(NC(=O)C2CCCC2)n1)NCc1ccccn1. The van der Waals surface area contributed by atoms with E-state index in [0.717, 1.165) is 31.4 Å². The molecule has 0 atom stereocenters. The van der Waals surface area contributed by atoms with Gasteiger partial charge in [-0.2, -0.15) is 0 Å². The highest BCUT2D eigenvalue weighted by molar-refractivity contribution is 7.13. The van der Waals surface area contributed by atoms with E-state index in [1.807, 2.05) is 23.6 Å². The summed E-state index contributed by atoms with van der Waals surface area (Å²) in [4.78, 5) is 32.5. The van der Waals surface area contributed by atoms with Crippen LogP contribution in [0.5, 0.6) is 0 Å². The van der Waals surface area contributed by atoms with Gasteiger partial charge in [-0.1, -0.05) is 18.9 Å². The lowest BCUT2D eigenvalue weighted by atomic mass is 10.1. The van der Waals surface area contributed by atoms with Crippen LogP contribution in [0.2, 0.25) is 0 Å². The molecule has 2 amide bonds. The first-order chi connectivity index (χ1) is 11.7. The third kappa shape index (κ3) is 4.61. The zero-order valence-electron chi connectivity index (χ0n) is 13.3. The maximum atomic E-state index is 12.1. The van der Waals surface area contributed by atoms with Crippen molar-refractivity contribution in [3.05, 3.63) is 41.2 Å². The quantitative estimate of drug-likeness (QED) is 0.843. The summed E-state index contributed by atoms with van der Waals surface area (Å²) in [5.74, 6) is 0.0478. The van der Waals surface area contributed by atoms with Crippen molar-refractivity contribution in [2.75, 3.05) is 5.32 Å². The number of aromatic nitrogens is 2. The zero-order chi connectivity index (χ0) is 16.8. The number of nitrogens with one attached hydrogen (secondary N) is 2. The molecule has 6 nitrogen and oxygen atoms in total. The van der Waals surface area contributed by atoms with Crippen LogP contribution in [0.4, 0.5) is 5.13 Å². The monoisotopic (exact) mass is 344 g/mol. The summed E-state index contributed by atoms with van der Waals surface area (Å²) >= 11 is 1.36. The molecule has 7 heteroatoms. The molecule has 0 aliphatic heterocycles. The number of carbonyl (C=O) groups is 2. The van der Waals surface area contributed by atoms with Gasteiger partial charge in [0.05, 0.1) is 24.4 Å². The zero-order valence-corrected chi connectivity index (χ0v) is 14.1. The molecule has 0 unspecified atom stereocenters. The van der Waals surface area contributed by atoms with Crippen molar-refractivity contribution in [1.82, 2.24) is 15.3 Å². The summed E-state index contributed by atoms with van der Waals surface area (Å²) in [6.07, 6.45) is 6.05. The number of pyridine rings is 1. The maximum absolute atomic E-state index is 12.1. The van der Waals surface area contributed by atoms with Gasteiger partial charge in [0.2, 0.25) is 11.8 Å². The first kappa shape index (κ1) is 16.6. The Labute approximate surface area is 144 Å². The average molecular weight is 344 g/mol. The van der Waals surface area contributed by atoms with E-state index in [1.165, 1.54) is 11.3 Å². The van der Waals surface area contributed by atoms with Crippen molar-refractivity contribution in [3.8, 4) is 0 Å². The van der Waals surface area contributed by atoms with E-state index in [2.05, 4.69) is 20.6 Å². The van der Waals surface area contributed by atoms with Gasteiger partial charge in [0.1, 0.15) is 0 Å². The standard InChI is InChI=1S/C17H20N4O2S/c22-15(19-10-13-7-3-4-8-18-13)9-14-11-24-17(20-14)21-16(23)12-5-1-2-6-12/h3-4,7-8,11-12H,1-2,5-6,9-10H2,(H,19,22)(H,20,21,23). The van der Waals surface area contributed by atoms with Crippen LogP contribution in [0.3, 0.4) is 0 Å². The maximum Gasteiger partial charge on any atom is 0.229 e. The highest BCUT2D eigenvalue weighted by Crippen LogP contribution is 2.26. The van der Waals surface area contributed by atoms with E-state index in [-0.39, 0.29) is 24.2 Å². The van der Waals surface area contributed by atoms with Crippen LogP contribution in [0.15, 0.2) is 29.8 Å². The molecule has 0 aromatic carbocycles. The largest absolute Gasteiger partial charge is 0.350 e. The number of nitrogens with zero attached hydrogens (tertiary/aromatic N) is 2. The lowest BCUT2D eigenvalue weighted by Crippen LogP contribution is -2.25. The summed E-state index contributed by atoms with van der Waals surface area (Å²) in [5, 5.41) is 8.06. The van der Waals surface area contributed by atoms with Crippen LogP contribution in [0.1, 0.15) is 37.1 Å². The summed E-state index contributed by atoms with van der Waals surface area (Å²) in [6, 6.07) is 5.58. The van der Waals surface area contributed by atoms with Gasteiger partial charge in [0, 0.05) is 17.5 Å². The van der Waals surface area contributed by atoms with Crippen molar-refractivity contribution in [1.29, 1.82) is 0 Å². The molecule has 2 N–H and O–H groups in total. The molecule has 0 spiro atoms. The minimum absolute atomic E-state index is 0.0491. The van der Waals surface area contributed by atoms with E-state index >= 15 is 0 Å². The number of thiazole rings is 1. The number of carbonyl (C=O) groups excluding carboxylic acids is 2. The Morgan fingerprint density at radius 2 is 2.04 bits per heavy atom. The number of hydrogen-bond acceptors (Lipinski definition) is 5. The number of hydrogen-bond donors (Lipinski definition) is 2. The highest BCUT2D eigenvalue weighted by Gasteiger charge is 2.23. The van der Waals surface area contributed by atoms with Crippen molar-refractivity contribution in [2.45, 2.75) is 38.6 Å². The van der Waals surface area contributed by atoms with E-state index in [4.69, 9.17) is 0 Å². The fourth-order valence-corrected chi connectivity index (χ4v) is 3.47. The van der Waals surface area contributed by atoms with Gasteiger partial charge in [-0.15, -0.1) is 11.3 Å². The normalized spacial score (nSPS) is 14.5. The summed E-state index contributed by atoms with van der Waals surface area (Å²) in [7, 11) is 0. The molecule has 1 aliphatic rings. The van der Waals surface area contributed by atoms with Crippen LogP contribution < -0.4 is 10.6 Å². The van der Waals surface area contributed by atoms with E-state index in [0.29, 0.717) is 17.4 Å². The Hall–Kier alpha value is -2.28. The van der Waals surface area contributed by atoms with Crippen molar-refractivity contribution in [3.63, 3.8) is 0 Å². The van der Waals surface area contributed by atoms with Crippen LogP contribution in [-0.4, -0.2) is 21.8 Å². The average Bonchev–Trinajstić information content (AvgIpc) is 3.26. The predicted octanol–water partition coefficient (Wildman–Crippen LogP) is 2.53. The third-order valence-electron chi connectivity index (χ3n) is 4.04. The highest BCUT2D eigenvalue weighted by atomic mass is 32.1. The second kappa shape index (κ2) is 8.01. The van der Waals surface area contributed by atoms with Gasteiger partial charge >= 0.3 is 0 Å². The predicted molar refractivity (Wildman–Crippen MR) is 92.5 cm³/mol. The smallest absolute Gasteiger partial charge is 0.229 e. The number of rotatable bonds is 6. The summed E-state index contributed by atoms with van der Waals surface area (Å²) in [6.45, 7) is 0.398. The Morgan fingerprint density at radius 3 is 2.79 bits per heavy atom. The molecule has 2 heterocycles. The van der Waals surface area contributed by atoms with Gasteiger partial charge in [0.15, 0.2) is 5.13 Å². The lowest BCUT2D eigenvalue weighted by molar-refractivity contribution is -0.121. The molecule has 1 fully saturated rings. The Morgan fingerprint density at radius 1 is 1.21 bits per heavy atom. The summed E-state index contributed by atoms with van der Waals surface area (Å²) in [5.41, 5.74) is 1.48. The molecule has 2 aromatic heterocycles. The van der Waals surface area contributed by atoms with Crippen LogP contribution in [-0.2, 0) is 22.6 Å². The lowest BCUT2D eigenvalue weighted by Gasteiger charge is -2.07. The fourth-order valence-electron chi connectivity index (χ4n) is 2.76. The topological polar surface area (TPSA) is 84.0 Å². The Balaban J connectivity index is 1.46. The minimum atomic E-state index is -0.111. The van der Waals surface area contributed by atoms with E-state index in [9.17, 15) is 9.59 Å². The molecule has 2 aromatic rings. The van der Waals surface area contributed by atoms with Gasteiger partial charge in [-0.3, -0.25) is 14.6 Å². The molecular formula is C17H20N4O2S. The first-order valence-electron chi connectivity index (χ1n) is 8.12. The minimum Gasteiger partial charge on any atom is -0.350 e. The van der Waals surface area contributed by atoms with E-state index < -0.39 is 0 Å². The Kier molecular flexibility index (Phi) is 5.53. The molecule has 1 aliphatic carbocycles. The molecule has 0 radical (unpaired) electrons. The van der Waals surface area contributed by atoms with Crippen molar-refractivity contribution < 1.29 is 9.59 Å². The molecule has 3 rings (SSSR count). The van der Waals surface area contributed by atoms with Crippen molar-refractivity contribution in [2.24, 2.45) is 5.92 Å². The van der Waals surface area contributed by atoms with Crippen molar-refractivity contribution >= 4 is 28.3 Å². The molecule has 126 valence electrons. The van der Waals surface area contributed by atoms with Crippen LogP contribution in [0, 0.1) is 5.92 Å². The molecule has 1 saturated carbocycles. The summed E-state index contributed by atoms with van der Waals surface area (Å²) < 4.78 is 0. The molecule has 24 heavy (non-hydrogen) atoms. The Bertz CT molecular complexity index is 696. The first-order valence-corrected chi connectivity index (χ1v) is 9.00. The second-order valence-corrected chi connectivity index (χ2v) is 6.75. The van der Waals surface area contributed by atoms with E-state index in [1.54, 1.807) is 6.20 Å². The second-order valence-electron chi connectivity index (χ2n) is 5.89. The van der Waals surface area contributed by atoms with Gasteiger partial charge in [-0.05, 0) is 25.0 Å². The van der Waals surface area contributed by atoms with Crippen LogP contribution >= 0.6 is 11.3 Å². The van der Waals surface area contributed by atoms with Crippen LogP contribution in [0.25, 0.3) is 0 Å². The molecular weight excluding hydrogens is 324 g/mol. The molecule has 0 bridgehead atoms. The number of anilines is 1. The van der Waals surface area contributed by atoms with Gasteiger partial charge in [0.25, 0.3) is 0 Å². The number of amides is 2. The fraction of sp³-hybridized carbons (Fsp3) is 0.412. The van der Waals surface area contributed by atoms with Gasteiger partial charge in [-0.25, -0.2) is 4.98 Å². The van der Waals surface area contributed by atoms with Gasteiger partial charge < -0.3 is 10.6 Å².